The van der Waals surface area contributed by atoms with Crippen LogP contribution in [0.5, 0.6) is 0 Å². The van der Waals surface area contributed by atoms with E-state index in [1.807, 2.05) is 0 Å². The fraction of sp³-hybridized carbons (Fsp3) is 0.625. The van der Waals surface area contributed by atoms with Crippen molar-refractivity contribution in [2.45, 2.75) is 50.5 Å². The van der Waals surface area contributed by atoms with E-state index >= 15 is 0 Å². The molecule has 0 radical (unpaired) electrons. The van der Waals surface area contributed by atoms with Crippen molar-refractivity contribution < 1.29 is 0 Å². The van der Waals surface area contributed by atoms with E-state index < -0.39 is 0 Å². The minimum Gasteiger partial charge on any atom is -0.313 e. The lowest BCUT2D eigenvalue weighted by Gasteiger charge is -2.34. The van der Waals surface area contributed by atoms with Gasteiger partial charge < -0.3 is 5.32 Å². The van der Waals surface area contributed by atoms with Crippen molar-refractivity contribution in [1.29, 1.82) is 0 Å². The molecule has 0 heterocycles. The minimum atomic E-state index is 0.587. The molecule has 1 aromatic carbocycles. The van der Waals surface area contributed by atoms with Crippen LogP contribution in [-0.4, -0.2) is 7.05 Å². The average molecular weight is 229 g/mol. The number of nitrogens with one attached hydrogen (secondary N) is 1. The molecule has 1 heteroatoms. The van der Waals surface area contributed by atoms with E-state index in [-0.39, 0.29) is 0 Å². The maximum atomic E-state index is 3.47. The molecule has 0 bridgehead atoms. The first-order valence-corrected chi connectivity index (χ1v) is 7.16. The predicted octanol–water partition coefficient (Wildman–Crippen LogP) is 4.01. The molecule has 0 amide bonds. The van der Waals surface area contributed by atoms with Crippen molar-refractivity contribution >= 4 is 0 Å². The highest BCUT2D eigenvalue weighted by Gasteiger charge is 2.32. The molecule has 1 aromatic rings. The van der Waals surface area contributed by atoms with Gasteiger partial charge in [0.05, 0.1) is 0 Å². The summed E-state index contributed by atoms with van der Waals surface area (Å²) in [5.41, 5.74) is 3.21. The molecule has 2 aliphatic carbocycles. The van der Waals surface area contributed by atoms with Crippen molar-refractivity contribution in [3.05, 3.63) is 35.4 Å². The van der Waals surface area contributed by atoms with E-state index in [1.54, 1.807) is 11.1 Å². The molecule has 17 heavy (non-hydrogen) atoms. The monoisotopic (exact) mass is 229 g/mol. The number of fused-ring (bicyclic) bond motifs is 1. The number of benzene rings is 1. The molecule has 0 aromatic heterocycles. The molecule has 2 aliphatic rings. The first-order chi connectivity index (χ1) is 8.40. The van der Waals surface area contributed by atoms with E-state index in [0.717, 1.165) is 11.8 Å². The molecule has 1 N–H and O–H groups in total. The van der Waals surface area contributed by atoms with Gasteiger partial charge in [-0.05, 0) is 55.7 Å². The second-order valence-corrected chi connectivity index (χ2v) is 5.70. The summed E-state index contributed by atoms with van der Waals surface area (Å²) in [6, 6.07) is 9.71. The van der Waals surface area contributed by atoms with Crippen LogP contribution in [0.4, 0.5) is 0 Å². The van der Waals surface area contributed by atoms with Crippen molar-refractivity contribution in [2.24, 2.45) is 5.92 Å². The van der Waals surface area contributed by atoms with Gasteiger partial charge in [-0.3, -0.25) is 0 Å². The highest BCUT2D eigenvalue weighted by atomic mass is 14.9. The standard InChI is InChI=1S/C16H23N/c1-17-16-11-10-13(12-6-2-3-7-12)14-8-4-5-9-15(14)16/h4-5,8-9,12-13,16-17H,2-3,6-7,10-11H2,1H3/t13-,16+/m1/s1. The third-order valence-corrected chi connectivity index (χ3v) is 4.85. The van der Waals surface area contributed by atoms with Gasteiger partial charge in [0.15, 0.2) is 0 Å². The van der Waals surface area contributed by atoms with Crippen molar-refractivity contribution in [2.75, 3.05) is 7.05 Å². The van der Waals surface area contributed by atoms with Gasteiger partial charge in [-0.25, -0.2) is 0 Å². The Morgan fingerprint density at radius 2 is 1.65 bits per heavy atom. The molecule has 3 rings (SSSR count). The molecule has 92 valence electrons. The molecular weight excluding hydrogens is 206 g/mol. The molecular formula is C16H23N. The Labute approximate surface area is 105 Å². The number of hydrogen-bond donors (Lipinski definition) is 1. The molecule has 0 saturated heterocycles. The zero-order valence-electron chi connectivity index (χ0n) is 10.8. The van der Waals surface area contributed by atoms with Crippen LogP contribution < -0.4 is 5.32 Å². The van der Waals surface area contributed by atoms with E-state index in [9.17, 15) is 0 Å². The van der Waals surface area contributed by atoms with Gasteiger partial charge in [0.1, 0.15) is 0 Å². The zero-order valence-corrected chi connectivity index (χ0v) is 10.8. The summed E-state index contributed by atoms with van der Waals surface area (Å²) < 4.78 is 0. The second kappa shape index (κ2) is 4.81. The lowest BCUT2D eigenvalue weighted by Crippen LogP contribution is -2.26. The van der Waals surface area contributed by atoms with Gasteiger partial charge in [0.25, 0.3) is 0 Å². The topological polar surface area (TPSA) is 12.0 Å². The van der Waals surface area contributed by atoms with Crippen LogP contribution >= 0.6 is 0 Å². The van der Waals surface area contributed by atoms with Crippen molar-refractivity contribution in [3.63, 3.8) is 0 Å². The van der Waals surface area contributed by atoms with Crippen LogP contribution in [-0.2, 0) is 0 Å². The second-order valence-electron chi connectivity index (χ2n) is 5.70. The highest BCUT2D eigenvalue weighted by Crippen LogP contribution is 2.46. The molecule has 0 unspecified atom stereocenters. The first-order valence-electron chi connectivity index (χ1n) is 7.16. The molecule has 0 spiro atoms. The Morgan fingerprint density at radius 3 is 2.35 bits per heavy atom. The summed E-state index contributed by atoms with van der Waals surface area (Å²) in [6.45, 7) is 0. The average Bonchev–Trinajstić information content (AvgIpc) is 2.91. The van der Waals surface area contributed by atoms with Crippen LogP contribution in [0.2, 0.25) is 0 Å². The quantitative estimate of drug-likeness (QED) is 0.808. The van der Waals surface area contributed by atoms with E-state index in [1.165, 1.54) is 38.5 Å². The van der Waals surface area contributed by atoms with E-state index in [4.69, 9.17) is 0 Å². The SMILES string of the molecule is CN[C@H]1CC[C@H](C2CCCC2)c2ccccc21. The fourth-order valence-corrected chi connectivity index (χ4v) is 3.97. The summed E-state index contributed by atoms with van der Waals surface area (Å²) in [5, 5.41) is 3.47. The van der Waals surface area contributed by atoms with Crippen LogP contribution in [0.25, 0.3) is 0 Å². The van der Waals surface area contributed by atoms with Crippen LogP contribution in [0.1, 0.15) is 61.6 Å². The van der Waals surface area contributed by atoms with Crippen molar-refractivity contribution in [1.82, 2.24) is 5.32 Å². The number of rotatable bonds is 2. The van der Waals surface area contributed by atoms with Gasteiger partial charge in [-0.1, -0.05) is 37.1 Å². The Hall–Kier alpha value is -0.820. The first kappa shape index (κ1) is 11.3. The normalized spacial score (nSPS) is 29.2. The van der Waals surface area contributed by atoms with Crippen LogP contribution in [0.3, 0.4) is 0 Å². The van der Waals surface area contributed by atoms with Gasteiger partial charge in [-0.2, -0.15) is 0 Å². The summed E-state index contributed by atoms with van der Waals surface area (Å²) >= 11 is 0. The third kappa shape index (κ3) is 2.01. The summed E-state index contributed by atoms with van der Waals surface area (Å²) in [5.74, 6) is 1.81. The Kier molecular flexibility index (Phi) is 3.19. The molecule has 1 fully saturated rings. The Morgan fingerprint density at radius 1 is 0.941 bits per heavy atom. The van der Waals surface area contributed by atoms with E-state index in [2.05, 4.69) is 36.6 Å². The summed E-state index contributed by atoms with van der Waals surface area (Å²) in [6.07, 6.45) is 8.53. The minimum absolute atomic E-state index is 0.587. The third-order valence-electron chi connectivity index (χ3n) is 4.85. The van der Waals surface area contributed by atoms with Gasteiger partial charge >= 0.3 is 0 Å². The van der Waals surface area contributed by atoms with Gasteiger partial charge in [0, 0.05) is 6.04 Å². The molecule has 1 nitrogen and oxygen atoms in total. The molecule has 2 atom stereocenters. The lowest BCUT2D eigenvalue weighted by molar-refractivity contribution is 0.352. The summed E-state index contributed by atoms with van der Waals surface area (Å²) in [4.78, 5) is 0. The smallest absolute Gasteiger partial charge is 0.0320 e. The fourth-order valence-electron chi connectivity index (χ4n) is 3.97. The molecule has 0 aliphatic heterocycles. The zero-order chi connectivity index (χ0) is 11.7. The summed E-state index contributed by atoms with van der Waals surface area (Å²) in [7, 11) is 2.09. The largest absolute Gasteiger partial charge is 0.313 e. The van der Waals surface area contributed by atoms with Gasteiger partial charge in [0.2, 0.25) is 0 Å². The van der Waals surface area contributed by atoms with Gasteiger partial charge in [-0.15, -0.1) is 0 Å². The Bertz CT molecular complexity index is 379. The maximum Gasteiger partial charge on any atom is 0.0320 e. The molecule has 1 saturated carbocycles. The predicted molar refractivity (Wildman–Crippen MR) is 72.2 cm³/mol. The van der Waals surface area contributed by atoms with E-state index in [0.29, 0.717) is 6.04 Å². The highest BCUT2D eigenvalue weighted by molar-refractivity contribution is 5.36. The maximum absolute atomic E-state index is 3.47. The van der Waals surface area contributed by atoms with Crippen LogP contribution in [0, 0.1) is 5.92 Å². The number of hydrogen-bond acceptors (Lipinski definition) is 1. The Balaban J connectivity index is 1.92. The lowest BCUT2D eigenvalue weighted by atomic mass is 9.73. The van der Waals surface area contributed by atoms with Crippen molar-refractivity contribution in [3.8, 4) is 0 Å². The van der Waals surface area contributed by atoms with Crippen LogP contribution in [0.15, 0.2) is 24.3 Å².